The molecular formula is C26H29N4O+. The maximum absolute atomic E-state index is 13.4. The van der Waals surface area contributed by atoms with Crippen LogP contribution < -0.4 is 9.88 Å². The number of amides is 1. The molecule has 3 saturated heterocycles. The number of pyridine rings is 2. The lowest BCUT2D eigenvalue weighted by Crippen LogP contribution is -2.57. The molecule has 31 heavy (non-hydrogen) atoms. The highest BCUT2D eigenvalue weighted by atomic mass is 16.2. The van der Waals surface area contributed by atoms with Gasteiger partial charge in [0.25, 0.3) is 5.69 Å². The van der Waals surface area contributed by atoms with Crippen molar-refractivity contribution < 1.29 is 9.36 Å². The maximum atomic E-state index is 13.4. The number of nitrogens with zero attached hydrogens (tertiary/aromatic N) is 3. The van der Waals surface area contributed by atoms with E-state index in [1.54, 1.807) is 0 Å². The Hall–Kier alpha value is -3.05. The fourth-order valence-corrected chi connectivity index (χ4v) is 5.47. The number of fused-ring (bicyclic) bond motifs is 4. The molecule has 1 N–H and O–H groups in total. The van der Waals surface area contributed by atoms with Crippen molar-refractivity contribution in [1.29, 1.82) is 0 Å². The third kappa shape index (κ3) is 3.63. The fraction of sp³-hybridized carbons (Fsp3) is 0.346. The first kappa shape index (κ1) is 19.9. The van der Waals surface area contributed by atoms with Gasteiger partial charge in [-0.15, -0.1) is 6.58 Å². The van der Waals surface area contributed by atoms with Gasteiger partial charge in [0.1, 0.15) is 7.05 Å². The van der Waals surface area contributed by atoms with Crippen LogP contribution in [0.25, 0.3) is 10.9 Å². The van der Waals surface area contributed by atoms with Crippen LogP contribution in [-0.2, 0) is 7.05 Å². The number of carbonyl (C=O) groups excluding carboxylic acids is 1. The summed E-state index contributed by atoms with van der Waals surface area (Å²) >= 11 is 0. The smallest absolute Gasteiger partial charge is 0.316 e. The zero-order chi connectivity index (χ0) is 21.4. The van der Waals surface area contributed by atoms with E-state index in [-0.39, 0.29) is 18.0 Å². The minimum Gasteiger partial charge on any atom is -0.338 e. The van der Waals surface area contributed by atoms with Crippen LogP contribution in [0.3, 0.4) is 0 Å². The topological polar surface area (TPSA) is 49.1 Å². The van der Waals surface area contributed by atoms with Gasteiger partial charge in [-0.3, -0.25) is 14.7 Å². The van der Waals surface area contributed by atoms with Gasteiger partial charge in [-0.2, -0.15) is 4.57 Å². The summed E-state index contributed by atoms with van der Waals surface area (Å²) in [5.74, 6) is 1.13. The highest BCUT2D eigenvalue weighted by Gasteiger charge is 2.43. The SMILES string of the molecule is C=CC1CN2CCC1C[C@@H]2[C@@H](NC(=O)c1cccc[n+]1C)c1ccnc2ccccc12. The number of para-hydroxylation sites is 1. The molecule has 5 heteroatoms. The van der Waals surface area contributed by atoms with Gasteiger partial charge in [-0.1, -0.05) is 24.3 Å². The number of aryl methyl sites for hydroxylation is 1. The van der Waals surface area contributed by atoms with Gasteiger partial charge in [0.15, 0.2) is 6.20 Å². The second-order valence-corrected chi connectivity index (χ2v) is 8.81. The van der Waals surface area contributed by atoms with Crippen LogP contribution >= 0.6 is 0 Å². The molecular weight excluding hydrogens is 384 g/mol. The van der Waals surface area contributed by atoms with Crippen molar-refractivity contribution in [3.63, 3.8) is 0 Å². The lowest BCUT2D eigenvalue weighted by atomic mass is 9.73. The van der Waals surface area contributed by atoms with Crippen molar-refractivity contribution in [2.24, 2.45) is 18.9 Å². The summed E-state index contributed by atoms with van der Waals surface area (Å²) in [5, 5.41) is 4.52. The van der Waals surface area contributed by atoms with Crippen molar-refractivity contribution in [2.75, 3.05) is 13.1 Å². The first-order valence-electron chi connectivity index (χ1n) is 11.1. The number of aromatic nitrogens is 2. The zero-order valence-corrected chi connectivity index (χ0v) is 17.9. The summed E-state index contributed by atoms with van der Waals surface area (Å²) in [6.07, 6.45) is 8.17. The number of benzene rings is 1. The number of hydrogen-bond acceptors (Lipinski definition) is 3. The molecule has 1 amide bonds. The molecule has 5 nitrogen and oxygen atoms in total. The first-order valence-corrected chi connectivity index (χ1v) is 11.1. The second-order valence-electron chi connectivity index (χ2n) is 8.81. The van der Waals surface area contributed by atoms with Crippen molar-refractivity contribution >= 4 is 16.8 Å². The van der Waals surface area contributed by atoms with E-state index in [1.165, 1.54) is 6.42 Å². The van der Waals surface area contributed by atoms with Gasteiger partial charge in [0.2, 0.25) is 0 Å². The van der Waals surface area contributed by atoms with Crippen LogP contribution in [0.2, 0.25) is 0 Å². The number of rotatable bonds is 5. The Balaban J connectivity index is 1.55. The van der Waals surface area contributed by atoms with Gasteiger partial charge in [0.05, 0.1) is 11.6 Å². The lowest BCUT2D eigenvalue weighted by molar-refractivity contribution is -0.673. The molecule has 6 rings (SSSR count). The Bertz CT molecular complexity index is 1120. The van der Waals surface area contributed by atoms with E-state index in [2.05, 4.69) is 40.0 Å². The van der Waals surface area contributed by atoms with Crippen molar-refractivity contribution in [1.82, 2.24) is 15.2 Å². The van der Waals surface area contributed by atoms with Crippen molar-refractivity contribution in [2.45, 2.75) is 24.9 Å². The van der Waals surface area contributed by atoms with Crippen molar-refractivity contribution in [3.05, 3.63) is 84.8 Å². The van der Waals surface area contributed by atoms with Gasteiger partial charge in [-0.05, 0) is 55.0 Å². The molecule has 158 valence electrons. The fourth-order valence-electron chi connectivity index (χ4n) is 5.47. The van der Waals surface area contributed by atoms with Crippen LogP contribution in [-0.4, -0.2) is 34.9 Å². The molecule has 2 aromatic heterocycles. The van der Waals surface area contributed by atoms with Crippen LogP contribution in [0.15, 0.2) is 73.6 Å². The molecule has 0 spiro atoms. The van der Waals surface area contributed by atoms with E-state index in [4.69, 9.17) is 0 Å². The Labute approximate surface area is 183 Å². The van der Waals surface area contributed by atoms with E-state index in [0.29, 0.717) is 17.5 Å². The molecule has 5 atom stereocenters. The molecule has 3 aliphatic rings. The number of carbonyl (C=O) groups is 1. The number of nitrogens with one attached hydrogen (secondary N) is 1. The van der Waals surface area contributed by atoms with Crippen LogP contribution in [0.5, 0.6) is 0 Å². The summed E-state index contributed by atoms with van der Waals surface area (Å²) < 4.78 is 1.87. The quantitative estimate of drug-likeness (QED) is 0.515. The average molecular weight is 414 g/mol. The first-order chi connectivity index (χ1) is 15.2. The molecule has 0 saturated carbocycles. The van der Waals surface area contributed by atoms with Crippen LogP contribution in [0, 0.1) is 11.8 Å². The predicted octanol–water partition coefficient (Wildman–Crippen LogP) is 3.43. The van der Waals surface area contributed by atoms with Gasteiger partial charge >= 0.3 is 5.91 Å². The lowest BCUT2D eigenvalue weighted by Gasteiger charge is -2.51. The summed E-state index contributed by atoms with van der Waals surface area (Å²) in [5.41, 5.74) is 2.76. The van der Waals surface area contributed by atoms with Crippen LogP contribution in [0.1, 0.15) is 34.9 Å². The van der Waals surface area contributed by atoms with E-state index < -0.39 is 0 Å². The molecule has 1 aromatic carbocycles. The van der Waals surface area contributed by atoms with E-state index in [1.807, 2.05) is 60.4 Å². The number of hydrogen-bond donors (Lipinski definition) is 1. The molecule has 3 aliphatic heterocycles. The third-order valence-electron chi connectivity index (χ3n) is 7.13. The Morgan fingerprint density at radius 1 is 1.26 bits per heavy atom. The Morgan fingerprint density at radius 2 is 2.10 bits per heavy atom. The molecule has 0 radical (unpaired) electrons. The number of piperidine rings is 3. The summed E-state index contributed by atoms with van der Waals surface area (Å²) in [4.78, 5) is 20.5. The highest BCUT2D eigenvalue weighted by molar-refractivity contribution is 5.92. The van der Waals surface area contributed by atoms with E-state index in [0.717, 1.165) is 36.0 Å². The highest BCUT2D eigenvalue weighted by Crippen LogP contribution is 2.42. The van der Waals surface area contributed by atoms with E-state index in [9.17, 15) is 4.79 Å². The Kier molecular flexibility index (Phi) is 5.28. The minimum atomic E-state index is -0.103. The zero-order valence-electron chi connectivity index (χ0n) is 17.9. The summed E-state index contributed by atoms with van der Waals surface area (Å²) in [6.45, 7) is 6.16. The van der Waals surface area contributed by atoms with Gasteiger partial charge in [0, 0.05) is 36.3 Å². The monoisotopic (exact) mass is 413 g/mol. The third-order valence-corrected chi connectivity index (χ3v) is 7.13. The van der Waals surface area contributed by atoms with Crippen molar-refractivity contribution in [3.8, 4) is 0 Å². The summed E-state index contributed by atoms with van der Waals surface area (Å²) in [6, 6.07) is 16.2. The standard InChI is InChI=1S/C26H28N4O/c1-3-18-17-30-15-12-19(18)16-24(30)25(28-26(31)23-10-6-7-14-29(23)2)21-11-13-27-22-9-5-4-8-20(21)22/h3-11,13-14,18-19,24-25H,1,12,15-17H2,2H3/p+1/t18?,19?,24-,25+/m1/s1. The van der Waals surface area contributed by atoms with E-state index >= 15 is 0 Å². The van der Waals surface area contributed by atoms with Crippen LogP contribution in [0.4, 0.5) is 0 Å². The maximum Gasteiger partial charge on any atom is 0.316 e. The predicted molar refractivity (Wildman–Crippen MR) is 121 cm³/mol. The molecule has 3 aromatic rings. The largest absolute Gasteiger partial charge is 0.338 e. The van der Waals surface area contributed by atoms with Gasteiger partial charge < -0.3 is 5.32 Å². The molecule has 0 aliphatic carbocycles. The minimum absolute atomic E-state index is 0.0445. The molecule has 5 heterocycles. The molecule has 3 fully saturated rings. The summed E-state index contributed by atoms with van der Waals surface area (Å²) in [7, 11) is 1.91. The molecule has 3 unspecified atom stereocenters. The molecule has 2 bridgehead atoms. The second kappa shape index (κ2) is 8.23. The average Bonchev–Trinajstić information content (AvgIpc) is 2.82. The Morgan fingerprint density at radius 3 is 2.87 bits per heavy atom. The van der Waals surface area contributed by atoms with Gasteiger partial charge in [-0.25, -0.2) is 0 Å². The normalized spacial score (nSPS) is 25.8.